The first-order chi connectivity index (χ1) is 34.2. The molecule has 0 atom stereocenters. The Balaban J connectivity index is 0.998. The van der Waals surface area contributed by atoms with Crippen LogP contribution in [0.25, 0.3) is 55.0 Å². The number of anilines is 6. The topological polar surface area (TPSA) is 28.9 Å². The van der Waals surface area contributed by atoms with Crippen LogP contribution in [0.5, 0.6) is 11.5 Å². The van der Waals surface area contributed by atoms with E-state index in [9.17, 15) is 0 Å². The van der Waals surface area contributed by atoms with E-state index in [-0.39, 0.29) is 0 Å². The first kappa shape index (κ1) is 39.1. The van der Waals surface area contributed by atoms with Gasteiger partial charge in [0.15, 0.2) is 5.58 Å². The van der Waals surface area contributed by atoms with Gasteiger partial charge in [-0.2, -0.15) is 0 Å². The third-order valence-corrected chi connectivity index (χ3v) is 14.3. The fraction of sp³-hybridized carbons (Fsp3) is 0.0154. The molecule has 0 unspecified atom stereocenters. The summed E-state index contributed by atoms with van der Waals surface area (Å²) in [5, 5.41) is 4.30. The summed E-state index contributed by atoms with van der Waals surface area (Å²) in [6.45, 7) is 0. The minimum Gasteiger partial charge on any atom is -0.456 e. The summed E-state index contributed by atoms with van der Waals surface area (Å²) in [6, 6.07) is 91.5. The molecule has 14 rings (SSSR count). The second kappa shape index (κ2) is 15.5. The Morgan fingerprint density at radius 2 is 0.884 bits per heavy atom. The lowest BCUT2D eigenvalue weighted by Crippen LogP contribution is -2.28. The lowest BCUT2D eigenvalue weighted by Gasteiger charge is -2.35. The molecule has 0 bridgehead atoms. The molecule has 4 nitrogen and oxygen atoms in total. The lowest BCUT2D eigenvalue weighted by molar-refractivity contribution is 0.487. The van der Waals surface area contributed by atoms with Gasteiger partial charge in [0.1, 0.15) is 17.1 Å². The highest BCUT2D eigenvalue weighted by atomic mass is 16.5. The monoisotopic (exact) mass is 882 g/mol. The normalized spacial score (nSPS) is 12.9. The molecule has 69 heavy (non-hydrogen) atoms. The van der Waals surface area contributed by atoms with Gasteiger partial charge in [-0.1, -0.05) is 176 Å². The number of fused-ring (bicyclic) bond motifs is 8. The van der Waals surface area contributed by atoms with E-state index in [2.05, 4.69) is 259 Å². The van der Waals surface area contributed by atoms with E-state index in [0.29, 0.717) is 0 Å². The molecule has 2 aliphatic rings. The van der Waals surface area contributed by atoms with Gasteiger partial charge in [-0.3, -0.25) is 0 Å². The summed E-state index contributed by atoms with van der Waals surface area (Å²) in [4.78, 5) is 4.69. The van der Waals surface area contributed by atoms with Crippen LogP contribution in [0.2, 0.25) is 0 Å². The Hall–Kier alpha value is -9.12. The van der Waals surface area contributed by atoms with Gasteiger partial charge in [0.25, 0.3) is 0 Å². The Morgan fingerprint density at radius 1 is 0.319 bits per heavy atom. The van der Waals surface area contributed by atoms with Gasteiger partial charge in [-0.15, -0.1) is 0 Å². The first-order valence-corrected chi connectivity index (χ1v) is 23.6. The van der Waals surface area contributed by atoms with Gasteiger partial charge in [-0.05, 0) is 112 Å². The van der Waals surface area contributed by atoms with Crippen LogP contribution < -0.4 is 14.5 Å². The number of para-hydroxylation sites is 4. The quantitative estimate of drug-likeness (QED) is 0.152. The second-order valence-corrected chi connectivity index (χ2v) is 17.9. The minimum atomic E-state index is -0.575. The number of hydrogen-bond donors (Lipinski definition) is 0. The van der Waals surface area contributed by atoms with Crippen LogP contribution in [-0.4, -0.2) is 0 Å². The summed E-state index contributed by atoms with van der Waals surface area (Å²) in [5.41, 5.74) is 16.9. The van der Waals surface area contributed by atoms with E-state index in [1.807, 2.05) is 6.07 Å². The molecule has 0 N–H and O–H groups in total. The molecule has 1 aliphatic carbocycles. The van der Waals surface area contributed by atoms with Crippen LogP contribution in [-0.2, 0) is 5.41 Å². The third kappa shape index (κ3) is 5.89. The summed E-state index contributed by atoms with van der Waals surface area (Å²) in [7, 11) is 0. The molecule has 0 saturated heterocycles. The van der Waals surface area contributed by atoms with E-state index in [4.69, 9.17) is 9.15 Å². The Morgan fingerprint density at radius 3 is 1.62 bits per heavy atom. The second-order valence-electron chi connectivity index (χ2n) is 17.9. The van der Waals surface area contributed by atoms with Crippen molar-refractivity contribution in [1.82, 2.24) is 0 Å². The van der Waals surface area contributed by atoms with Crippen LogP contribution in [0.1, 0.15) is 22.3 Å². The highest BCUT2D eigenvalue weighted by molar-refractivity contribution is 6.14. The van der Waals surface area contributed by atoms with Gasteiger partial charge in [0.2, 0.25) is 0 Å². The maximum absolute atomic E-state index is 7.03. The predicted molar refractivity (Wildman–Crippen MR) is 283 cm³/mol. The maximum Gasteiger partial charge on any atom is 0.159 e. The zero-order chi connectivity index (χ0) is 45.5. The zero-order valence-corrected chi connectivity index (χ0v) is 37.5. The molecule has 2 heterocycles. The standard InChI is InChI=1S/C65H42N2O2/c1-5-19-43(20-6-1)65(44-21-7-2-8-22-44)56-32-15-13-27-49(56)50-37-35-47(41-57(50)65)67(59-33-18-30-54-51-28-14-16-34-60(51)69-64(54)59)58-39-40-61-63-53(29-17-31-55(58)63)52-38-36-48(42-62(52)68-61)66(45-23-9-3-10-24-45)46-25-11-4-12-26-46/h1-42H. The average Bonchev–Trinajstić information content (AvgIpc) is 3.95. The Labute approximate surface area is 400 Å². The molecule has 0 saturated carbocycles. The minimum absolute atomic E-state index is 0.575. The van der Waals surface area contributed by atoms with Gasteiger partial charge >= 0.3 is 0 Å². The highest BCUT2D eigenvalue weighted by Gasteiger charge is 2.46. The summed E-state index contributed by atoms with van der Waals surface area (Å²) in [5.74, 6) is 1.64. The smallest absolute Gasteiger partial charge is 0.159 e. The van der Waals surface area contributed by atoms with Crippen LogP contribution in [0.15, 0.2) is 259 Å². The molecule has 11 aromatic carbocycles. The number of hydrogen-bond acceptors (Lipinski definition) is 4. The van der Waals surface area contributed by atoms with Crippen LogP contribution >= 0.6 is 0 Å². The molecular formula is C65H42N2O2. The van der Waals surface area contributed by atoms with Crippen molar-refractivity contribution in [2.75, 3.05) is 9.80 Å². The first-order valence-electron chi connectivity index (χ1n) is 23.6. The van der Waals surface area contributed by atoms with E-state index < -0.39 is 5.41 Å². The Bertz CT molecular complexity index is 3860. The van der Waals surface area contributed by atoms with Crippen molar-refractivity contribution in [2.24, 2.45) is 0 Å². The van der Waals surface area contributed by atoms with Crippen molar-refractivity contribution < 1.29 is 9.15 Å². The molecular weight excluding hydrogens is 841 g/mol. The van der Waals surface area contributed by atoms with E-state index in [0.717, 1.165) is 89.5 Å². The molecule has 1 aromatic heterocycles. The molecule has 0 radical (unpaired) electrons. The van der Waals surface area contributed by atoms with Crippen molar-refractivity contribution in [3.63, 3.8) is 0 Å². The number of nitrogens with zero attached hydrogens (tertiary/aromatic N) is 2. The maximum atomic E-state index is 7.03. The molecule has 0 amide bonds. The lowest BCUT2D eigenvalue weighted by atomic mass is 9.67. The van der Waals surface area contributed by atoms with Crippen LogP contribution in [0, 0.1) is 0 Å². The number of benzene rings is 11. The highest BCUT2D eigenvalue weighted by Crippen LogP contribution is 2.58. The van der Waals surface area contributed by atoms with Crippen molar-refractivity contribution in [1.29, 1.82) is 0 Å². The van der Waals surface area contributed by atoms with Gasteiger partial charge in [0, 0.05) is 55.9 Å². The fourth-order valence-corrected chi connectivity index (χ4v) is 11.4. The van der Waals surface area contributed by atoms with Crippen LogP contribution in [0.4, 0.5) is 34.1 Å². The molecule has 1 aliphatic heterocycles. The predicted octanol–water partition coefficient (Wildman–Crippen LogP) is 17.8. The largest absolute Gasteiger partial charge is 0.456 e. The Kier molecular flexibility index (Phi) is 8.77. The summed E-state index contributed by atoms with van der Waals surface area (Å²) < 4.78 is 13.9. The molecule has 0 fully saturated rings. The molecule has 0 spiro atoms. The number of ether oxygens (including phenoxy) is 1. The molecule has 324 valence electrons. The molecule has 4 heteroatoms. The van der Waals surface area contributed by atoms with Crippen molar-refractivity contribution >= 4 is 66.8 Å². The van der Waals surface area contributed by atoms with Crippen molar-refractivity contribution in [2.45, 2.75) is 5.41 Å². The van der Waals surface area contributed by atoms with E-state index >= 15 is 0 Å². The van der Waals surface area contributed by atoms with E-state index in [1.165, 1.54) is 33.4 Å². The zero-order valence-electron chi connectivity index (χ0n) is 37.5. The van der Waals surface area contributed by atoms with Crippen LogP contribution in [0.3, 0.4) is 0 Å². The summed E-state index contributed by atoms with van der Waals surface area (Å²) in [6.07, 6.45) is 0. The SMILES string of the molecule is c1ccc(N(c2ccccc2)c2ccc3c(c2)Oc2ccc(N(c4ccc5c(c4)C(c4ccccc4)(c4ccccc4)c4ccccc4-5)c4cccc5c4oc4ccccc45)c4cccc-3c24)cc1. The van der Waals surface area contributed by atoms with Gasteiger partial charge in [-0.25, -0.2) is 0 Å². The average molecular weight is 883 g/mol. The number of furan rings is 1. The number of rotatable bonds is 8. The van der Waals surface area contributed by atoms with E-state index in [1.54, 1.807) is 0 Å². The third-order valence-electron chi connectivity index (χ3n) is 14.3. The van der Waals surface area contributed by atoms with Gasteiger partial charge < -0.3 is 19.0 Å². The molecule has 12 aromatic rings. The van der Waals surface area contributed by atoms with Gasteiger partial charge in [0.05, 0.1) is 16.8 Å². The fourth-order valence-electron chi connectivity index (χ4n) is 11.4. The summed E-state index contributed by atoms with van der Waals surface area (Å²) >= 11 is 0. The van der Waals surface area contributed by atoms with Crippen molar-refractivity contribution in [3.8, 4) is 33.8 Å². The van der Waals surface area contributed by atoms with Crippen molar-refractivity contribution in [3.05, 3.63) is 277 Å².